The summed E-state index contributed by atoms with van der Waals surface area (Å²) < 4.78 is 3.57. The summed E-state index contributed by atoms with van der Waals surface area (Å²) in [7, 11) is 1.87. The largest absolute Gasteiger partial charge is 0.260 e. The van der Waals surface area contributed by atoms with E-state index in [-0.39, 0.29) is 0 Å². The van der Waals surface area contributed by atoms with Crippen LogP contribution in [0, 0.1) is 0 Å². The van der Waals surface area contributed by atoms with E-state index in [0.29, 0.717) is 0 Å². The molecule has 1 aromatic rings. The van der Waals surface area contributed by atoms with E-state index in [1.165, 1.54) is 0 Å². The van der Waals surface area contributed by atoms with Gasteiger partial charge in [-0.25, -0.2) is 0 Å². The highest BCUT2D eigenvalue weighted by Crippen LogP contribution is 2.13. The second-order valence-electron chi connectivity index (χ2n) is 1.41. The fourth-order valence-corrected chi connectivity index (χ4v) is 1.47. The lowest BCUT2D eigenvalue weighted by Gasteiger charge is -1.85. The lowest BCUT2D eigenvalue weighted by atomic mass is 10.8. The van der Waals surface area contributed by atoms with Crippen LogP contribution in [0.5, 0.6) is 0 Å². The van der Waals surface area contributed by atoms with Crippen LogP contribution in [0.25, 0.3) is 0 Å². The fraction of sp³-hybridized carbons (Fsp3) is 0.500. The van der Waals surface area contributed by atoms with Crippen molar-refractivity contribution in [3.8, 4) is 0 Å². The molecule has 10 heavy (non-hydrogen) atoms. The zero-order chi connectivity index (χ0) is 8.15. The van der Waals surface area contributed by atoms with E-state index in [9.17, 15) is 0 Å². The zero-order valence-electron chi connectivity index (χ0n) is 6.23. The molecule has 0 unspecified atom stereocenters. The molecule has 0 atom stereocenters. The first-order chi connectivity index (χ1) is 4.70. The Balaban J connectivity index is 0.000000371. The summed E-state index contributed by atoms with van der Waals surface area (Å²) in [6.07, 6.45) is 0. The molecule has 0 aliphatic rings. The maximum absolute atomic E-state index is 4.00. The summed E-state index contributed by atoms with van der Waals surface area (Å²) in [5.74, 6) is 0. The lowest BCUT2D eigenvalue weighted by molar-refractivity contribution is 0.743. The summed E-state index contributed by atoms with van der Waals surface area (Å²) in [6, 6.07) is 1.89. The number of hydrogen-bond donors (Lipinski definition) is 0. The van der Waals surface area contributed by atoms with Crippen molar-refractivity contribution in [3.63, 3.8) is 0 Å². The van der Waals surface area contributed by atoms with Crippen LogP contribution in [-0.2, 0) is 7.05 Å². The Kier molecular flexibility index (Phi) is 4.99. The number of nitrogens with zero attached hydrogens (tertiary/aromatic N) is 2. The normalized spacial score (nSPS) is 8.50. The molecule has 1 aromatic heterocycles. The molecule has 0 spiro atoms. The smallest absolute Gasteiger partial charge is 0.129 e. The standard InChI is InChI=1S/C4H4Br2N2.C2H6/c1-8-4(6)2-3(5)7-8;1-2/h2H,1H3;1-2H3. The highest BCUT2D eigenvalue weighted by Gasteiger charge is 1.95. The lowest BCUT2D eigenvalue weighted by Crippen LogP contribution is -1.88. The van der Waals surface area contributed by atoms with Crippen molar-refractivity contribution in [1.29, 1.82) is 0 Å². The van der Waals surface area contributed by atoms with Gasteiger partial charge in [0.15, 0.2) is 0 Å². The van der Waals surface area contributed by atoms with Crippen LogP contribution in [-0.4, -0.2) is 9.78 Å². The molecule has 0 fully saturated rings. The van der Waals surface area contributed by atoms with E-state index in [1.54, 1.807) is 4.68 Å². The van der Waals surface area contributed by atoms with E-state index in [4.69, 9.17) is 0 Å². The van der Waals surface area contributed by atoms with E-state index in [0.717, 1.165) is 9.21 Å². The Morgan fingerprint density at radius 1 is 1.40 bits per heavy atom. The molecule has 0 saturated heterocycles. The van der Waals surface area contributed by atoms with Gasteiger partial charge in [-0.2, -0.15) is 5.10 Å². The summed E-state index contributed by atoms with van der Waals surface area (Å²) in [5.41, 5.74) is 0. The third-order valence-corrected chi connectivity index (χ3v) is 1.92. The maximum atomic E-state index is 4.00. The van der Waals surface area contributed by atoms with E-state index < -0.39 is 0 Å². The van der Waals surface area contributed by atoms with Crippen molar-refractivity contribution in [2.24, 2.45) is 7.05 Å². The number of aryl methyl sites for hydroxylation is 1. The molecule has 0 saturated carbocycles. The Labute approximate surface area is 77.9 Å². The third-order valence-electron chi connectivity index (χ3n) is 0.793. The first kappa shape index (κ1) is 10.2. The summed E-state index contributed by atoms with van der Waals surface area (Å²) in [4.78, 5) is 0. The SMILES string of the molecule is CC.Cn1nc(Br)cc1Br. The van der Waals surface area contributed by atoms with Crippen LogP contribution in [0.15, 0.2) is 15.3 Å². The predicted molar refractivity (Wildman–Crippen MR) is 50.0 cm³/mol. The summed E-state index contributed by atoms with van der Waals surface area (Å²) in [6.45, 7) is 4.00. The van der Waals surface area contributed by atoms with Crippen molar-refractivity contribution in [3.05, 3.63) is 15.3 Å². The van der Waals surface area contributed by atoms with Crippen LogP contribution in [0.4, 0.5) is 0 Å². The van der Waals surface area contributed by atoms with Gasteiger partial charge >= 0.3 is 0 Å². The molecular weight excluding hydrogens is 260 g/mol. The summed E-state index contributed by atoms with van der Waals surface area (Å²) >= 11 is 6.51. The number of aromatic nitrogens is 2. The predicted octanol–water partition coefficient (Wildman–Crippen LogP) is 2.97. The third kappa shape index (κ3) is 2.84. The maximum Gasteiger partial charge on any atom is 0.129 e. The first-order valence-corrected chi connectivity index (χ1v) is 4.64. The molecule has 0 amide bonds. The minimum Gasteiger partial charge on any atom is -0.260 e. The van der Waals surface area contributed by atoms with Crippen molar-refractivity contribution >= 4 is 31.9 Å². The quantitative estimate of drug-likeness (QED) is 0.708. The fourth-order valence-electron chi connectivity index (χ4n) is 0.412. The van der Waals surface area contributed by atoms with E-state index >= 15 is 0 Å². The molecule has 58 valence electrons. The molecule has 0 aliphatic carbocycles. The molecule has 2 nitrogen and oxygen atoms in total. The average molecular weight is 270 g/mol. The molecule has 0 bridgehead atoms. The Bertz CT molecular complexity index is 176. The molecule has 4 heteroatoms. The van der Waals surface area contributed by atoms with E-state index in [2.05, 4.69) is 37.0 Å². The minimum atomic E-state index is 0.854. The number of halogens is 2. The molecule has 1 heterocycles. The zero-order valence-corrected chi connectivity index (χ0v) is 9.40. The van der Waals surface area contributed by atoms with Crippen LogP contribution in [0.2, 0.25) is 0 Å². The van der Waals surface area contributed by atoms with Gasteiger partial charge in [0.05, 0.1) is 0 Å². The average Bonchev–Trinajstić information content (AvgIpc) is 2.16. The molecular formula is C6H10Br2N2. The van der Waals surface area contributed by atoms with Gasteiger partial charge in [-0.3, -0.25) is 4.68 Å². The van der Waals surface area contributed by atoms with Crippen LogP contribution in [0.1, 0.15) is 13.8 Å². The van der Waals surface area contributed by atoms with E-state index in [1.807, 2.05) is 27.0 Å². The Morgan fingerprint density at radius 3 is 2.00 bits per heavy atom. The molecule has 0 N–H and O–H groups in total. The minimum absolute atomic E-state index is 0.854. The van der Waals surface area contributed by atoms with Gasteiger partial charge in [-0.1, -0.05) is 13.8 Å². The van der Waals surface area contributed by atoms with Crippen molar-refractivity contribution in [2.45, 2.75) is 13.8 Å². The molecule has 0 aliphatic heterocycles. The van der Waals surface area contributed by atoms with Gasteiger partial charge in [0, 0.05) is 13.1 Å². The highest BCUT2D eigenvalue weighted by atomic mass is 79.9. The molecule has 1 rings (SSSR count). The Hall–Kier alpha value is 0.170. The Morgan fingerprint density at radius 2 is 1.90 bits per heavy atom. The highest BCUT2D eigenvalue weighted by molar-refractivity contribution is 9.11. The molecule has 0 radical (unpaired) electrons. The van der Waals surface area contributed by atoms with Crippen LogP contribution >= 0.6 is 31.9 Å². The second-order valence-corrected chi connectivity index (χ2v) is 3.04. The second kappa shape index (κ2) is 4.91. The van der Waals surface area contributed by atoms with Crippen molar-refractivity contribution < 1.29 is 0 Å². The van der Waals surface area contributed by atoms with Gasteiger partial charge in [-0.15, -0.1) is 0 Å². The number of rotatable bonds is 0. The number of hydrogen-bond acceptors (Lipinski definition) is 1. The van der Waals surface area contributed by atoms with Gasteiger partial charge in [-0.05, 0) is 31.9 Å². The van der Waals surface area contributed by atoms with Gasteiger partial charge in [0.2, 0.25) is 0 Å². The van der Waals surface area contributed by atoms with Gasteiger partial charge < -0.3 is 0 Å². The van der Waals surface area contributed by atoms with Crippen LogP contribution in [0.3, 0.4) is 0 Å². The first-order valence-electron chi connectivity index (χ1n) is 3.05. The monoisotopic (exact) mass is 268 g/mol. The molecule has 0 aromatic carbocycles. The van der Waals surface area contributed by atoms with Crippen molar-refractivity contribution in [1.82, 2.24) is 9.78 Å². The van der Waals surface area contributed by atoms with Gasteiger partial charge in [0.25, 0.3) is 0 Å². The van der Waals surface area contributed by atoms with Crippen molar-refractivity contribution in [2.75, 3.05) is 0 Å². The van der Waals surface area contributed by atoms with Crippen LogP contribution < -0.4 is 0 Å². The topological polar surface area (TPSA) is 17.8 Å². The van der Waals surface area contributed by atoms with Gasteiger partial charge in [0.1, 0.15) is 9.21 Å². The summed E-state index contributed by atoms with van der Waals surface area (Å²) in [5, 5.41) is 4.00.